The van der Waals surface area contributed by atoms with Crippen LogP contribution in [-0.4, -0.2) is 78.2 Å². The van der Waals surface area contributed by atoms with Crippen molar-refractivity contribution in [3.63, 3.8) is 0 Å². The highest BCUT2D eigenvalue weighted by molar-refractivity contribution is 5.79. The molecule has 1 N–H and O–H groups in total. The first-order chi connectivity index (χ1) is 16.6. The van der Waals surface area contributed by atoms with Crippen LogP contribution in [0.1, 0.15) is 40.5 Å². The topological polar surface area (TPSA) is 86.7 Å². The summed E-state index contributed by atoms with van der Waals surface area (Å²) in [6.45, 7) is 13.9. The maximum atomic E-state index is 13.0. The second kappa shape index (κ2) is 13.0. The van der Waals surface area contributed by atoms with Crippen molar-refractivity contribution >= 4 is 23.8 Å². The van der Waals surface area contributed by atoms with E-state index in [1.807, 2.05) is 49.1 Å². The largest absolute Gasteiger partial charge is 0.492 e. The predicted octanol–water partition coefficient (Wildman–Crippen LogP) is 3.29. The molecule has 1 aromatic carbocycles. The summed E-state index contributed by atoms with van der Waals surface area (Å²) in [5.41, 5.74) is 0. The number of nitrogens with one attached hydrogen (secondary N) is 1. The molecule has 186 valence electrons. The Hall–Kier alpha value is -3.10. The van der Waals surface area contributed by atoms with Gasteiger partial charge in [-0.15, -0.1) is 0 Å². The first-order valence-electron chi connectivity index (χ1n) is 12.6. The van der Waals surface area contributed by atoms with Gasteiger partial charge in [-0.05, 0) is 52.7 Å². The van der Waals surface area contributed by atoms with Gasteiger partial charge >= 0.3 is 0 Å². The van der Waals surface area contributed by atoms with E-state index in [-0.39, 0.29) is 11.8 Å². The summed E-state index contributed by atoms with van der Waals surface area (Å²) in [5.74, 6) is 2.84. The number of benzene rings is 1. The van der Waals surface area contributed by atoms with Crippen molar-refractivity contribution in [3.05, 3.63) is 30.3 Å². The third kappa shape index (κ3) is 6.71. The summed E-state index contributed by atoms with van der Waals surface area (Å²) in [6.07, 6.45) is 1.85. The molecule has 3 rings (SSSR count). The van der Waals surface area contributed by atoms with Crippen LogP contribution in [-0.2, 0) is 4.79 Å². The highest BCUT2D eigenvalue weighted by Crippen LogP contribution is 2.24. The van der Waals surface area contributed by atoms with E-state index in [1.165, 1.54) is 0 Å². The molecule has 0 spiro atoms. The van der Waals surface area contributed by atoms with Gasteiger partial charge < -0.3 is 24.8 Å². The van der Waals surface area contributed by atoms with Crippen molar-refractivity contribution in [1.82, 2.24) is 19.9 Å². The van der Waals surface area contributed by atoms with Gasteiger partial charge in [-0.1, -0.05) is 18.2 Å². The molecule has 34 heavy (non-hydrogen) atoms. The van der Waals surface area contributed by atoms with Crippen LogP contribution in [0.3, 0.4) is 0 Å². The minimum absolute atomic E-state index is 0.0296. The monoisotopic (exact) mass is 469 g/mol. The normalized spacial score (nSPS) is 15.6. The Bertz CT molecular complexity index is 888. The molecule has 2 heterocycles. The highest BCUT2D eigenvalue weighted by atomic mass is 16.5. The number of amides is 1. The van der Waals surface area contributed by atoms with Gasteiger partial charge in [-0.3, -0.25) is 4.79 Å². The molecular formula is C25H39N7O2. The number of hydrogen-bond donors (Lipinski definition) is 1. The molecule has 0 saturated carbocycles. The molecule has 1 unspecified atom stereocenters. The number of nitrogens with zero attached hydrogens (tertiary/aromatic N) is 6. The van der Waals surface area contributed by atoms with Gasteiger partial charge in [0.2, 0.25) is 23.8 Å². The van der Waals surface area contributed by atoms with Crippen LogP contribution in [0.25, 0.3) is 0 Å². The van der Waals surface area contributed by atoms with E-state index in [2.05, 4.69) is 33.9 Å². The summed E-state index contributed by atoms with van der Waals surface area (Å²) < 4.78 is 5.78. The van der Waals surface area contributed by atoms with Crippen molar-refractivity contribution in [2.24, 2.45) is 5.92 Å². The van der Waals surface area contributed by atoms with Gasteiger partial charge in [-0.25, -0.2) is 0 Å². The molecule has 0 bridgehead atoms. The van der Waals surface area contributed by atoms with Crippen molar-refractivity contribution in [1.29, 1.82) is 0 Å². The summed E-state index contributed by atoms with van der Waals surface area (Å²) >= 11 is 0. The lowest BCUT2D eigenvalue weighted by atomic mass is 9.96. The maximum absolute atomic E-state index is 13.0. The number of piperidine rings is 1. The van der Waals surface area contributed by atoms with E-state index in [4.69, 9.17) is 14.7 Å². The zero-order valence-electron chi connectivity index (χ0n) is 21.0. The standard InChI is InChI=1S/C25H39N7O2/c1-5-30(6-2)22(33)20-13-12-17-32(19-20)25-28-23(27-24(29-25)31(7-3)8-4)26-16-18-34-21-14-10-9-11-15-21/h9-11,14-15,20H,5-8,12-13,16-19H2,1-4H3,(H,26,27,28,29). The van der Waals surface area contributed by atoms with Crippen LogP contribution >= 0.6 is 0 Å². The van der Waals surface area contributed by atoms with Crippen molar-refractivity contribution in [3.8, 4) is 5.75 Å². The molecule has 9 nitrogen and oxygen atoms in total. The van der Waals surface area contributed by atoms with E-state index >= 15 is 0 Å². The first-order valence-corrected chi connectivity index (χ1v) is 12.6. The van der Waals surface area contributed by atoms with Gasteiger partial charge in [0.05, 0.1) is 12.5 Å². The van der Waals surface area contributed by atoms with Crippen LogP contribution in [0, 0.1) is 5.92 Å². The van der Waals surface area contributed by atoms with Crippen molar-refractivity contribution in [2.45, 2.75) is 40.5 Å². The lowest BCUT2D eigenvalue weighted by Crippen LogP contribution is -2.45. The van der Waals surface area contributed by atoms with Crippen LogP contribution in [0.2, 0.25) is 0 Å². The average Bonchev–Trinajstić information content (AvgIpc) is 2.88. The minimum Gasteiger partial charge on any atom is -0.492 e. The van der Waals surface area contributed by atoms with Gasteiger partial charge in [-0.2, -0.15) is 15.0 Å². The highest BCUT2D eigenvalue weighted by Gasteiger charge is 2.30. The number of hydrogen-bond acceptors (Lipinski definition) is 8. The molecule has 1 aliphatic heterocycles. The van der Waals surface area contributed by atoms with Gasteiger partial charge in [0.1, 0.15) is 12.4 Å². The molecule has 1 saturated heterocycles. The summed E-state index contributed by atoms with van der Waals surface area (Å²) in [5, 5.41) is 3.29. The Labute approximate surface area is 203 Å². The van der Waals surface area contributed by atoms with E-state index in [0.717, 1.165) is 51.3 Å². The SMILES string of the molecule is CCN(CC)C(=O)C1CCCN(c2nc(NCCOc3ccccc3)nc(N(CC)CC)n2)C1. The number of ether oxygens (including phenoxy) is 1. The molecule has 1 fully saturated rings. The fraction of sp³-hybridized carbons (Fsp3) is 0.600. The predicted molar refractivity (Wildman–Crippen MR) is 137 cm³/mol. The zero-order chi connectivity index (χ0) is 24.3. The fourth-order valence-electron chi connectivity index (χ4n) is 4.22. The molecular weight excluding hydrogens is 430 g/mol. The van der Waals surface area contributed by atoms with Crippen LogP contribution in [0.5, 0.6) is 5.75 Å². The molecule has 1 aromatic heterocycles. The number of aromatic nitrogens is 3. The van der Waals surface area contributed by atoms with Gasteiger partial charge in [0.15, 0.2) is 0 Å². The molecule has 1 atom stereocenters. The van der Waals surface area contributed by atoms with E-state index in [1.54, 1.807) is 0 Å². The summed E-state index contributed by atoms with van der Waals surface area (Å²) in [4.78, 5) is 33.3. The Morgan fingerprint density at radius 1 is 1.06 bits per heavy atom. The second-order valence-corrected chi connectivity index (χ2v) is 8.32. The lowest BCUT2D eigenvalue weighted by molar-refractivity contribution is -0.135. The lowest BCUT2D eigenvalue weighted by Gasteiger charge is -2.35. The Balaban J connectivity index is 1.73. The molecule has 1 aliphatic rings. The van der Waals surface area contributed by atoms with Gasteiger partial charge in [0.25, 0.3) is 0 Å². The van der Waals surface area contributed by atoms with Gasteiger partial charge in [0, 0.05) is 39.3 Å². The van der Waals surface area contributed by atoms with Crippen LogP contribution in [0.4, 0.5) is 17.8 Å². The van der Waals surface area contributed by atoms with Crippen LogP contribution in [0.15, 0.2) is 30.3 Å². The Morgan fingerprint density at radius 3 is 2.47 bits per heavy atom. The summed E-state index contributed by atoms with van der Waals surface area (Å²) in [7, 11) is 0. The summed E-state index contributed by atoms with van der Waals surface area (Å²) in [6, 6.07) is 9.74. The third-order valence-corrected chi connectivity index (χ3v) is 6.18. The Morgan fingerprint density at radius 2 is 1.79 bits per heavy atom. The molecule has 9 heteroatoms. The maximum Gasteiger partial charge on any atom is 0.231 e. The number of para-hydroxylation sites is 1. The molecule has 0 radical (unpaired) electrons. The molecule has 1 amide bonds. The first kappa shape index (κ1) is 25.5. The second-order valence-electron chi connectivity index (χ2n) is 8.32. The zero-order valence-corrected chi connectivity index (χ0v) is 21.0. The average molecular weight is 470 g/mol. The quantitative estimate of drug-likeness (QED) is 0.474. The van der Waals surface area contributed by atoms with Crippen molar-refractivity contribution < 1.29 is 9.53 Å². The van der Waals surface area contributed by atoms with E-state index in [0.29, 0.717) is 37.5 Å². The third-order valence-electron chi connectivity index (χ3n) is 6.18. The minimum atomic E-state index is -0.0296. The smallest absolute Gasteiger partial charge is 0.231 e. The van der Waals surface area contributed by atoms with E-state index in [9.17, 15) is 4.79 Å². The van der Waals surface area contributed by atoms with E-state index < -0.39 is 0 Å². The molecule has 0 aliphatic carbocycles. The van der Waals surface area contributed by atoms with Crippen LogP contribution < -0.4 is 19.9 Å². The number of anilines is 3. The van der Waals surface area contributed by atoms with Crippen molar-refractivity contribution in [2.75, 3.05) is 67.5 Å². The number of carbonyl (C=O) groups is 1. The number of carbonyl (C=O) groups excluding carboxylic acids is 1. The molecule has 2 aromatic rings. The fourth-order valence-corrected chi connectivity index (χ4v) is 4.22. The number of rotatable bonds is 12. The Kier molecular flexibility index (Phi) is 9.73.